The van der Waals surface area contributed by atoms with E-state index in [0.29, 0.717) is 17.2 Å². The minimum atomic E-state index is -1.03. The zero-order valence-electron chi connectivity index (χ0n) is 19.2. The van der Waals surface area contributed by atoms with Crippen LogP contribution in [0.15, 0.2) is 66.7 Å². The number of rotatable bonds is 4. The first kappa shape index (κ1) is 20.9. The van der Waals surface area contributed by atoms with Crippen LogP contribution in [0.1, 0.15) is 35.1 Å². The molecule has 4 aliphatic rings. The molecule has 3 aromatic carbocycles. The summed E-state index contributed by atoms with van der Waals surface area (Å²) in [5.41, 5.74) is 3.19. The van der Waals surface area contributed by atoms with Crippen LogP contribution in [0.2, 0.25) is 0 Å². The van der Waals surface area contributed by atoms with Crippen molar-refractivity contribution in [3.05, 3.63) is 89.0 Å². The van der Waals surface area contributed by atoms with Gasteiger partial charge in [0.15, 0.2) is 0 Å². The molecule has 2 bridgehead atoms. The van der Waals surface area contributed by atoms with Crippen LogP contribution in [0, 0.1) is 11.8 Å². The summed E-state index contributed by atoms with van der Waals surface area (Å²) in [6.45, 7) is 1.73. The lowest BCUT2D eigenvalue weighted by Crippen LogP contribution is -2.58. The number of benzene rings is 3. The van der Waals surface area contributed by atoms with E-state index in [9.17, 15) is 14.7 Å². The fourth-order valence-electron chi connectivity index (χ4n) is 6.75. The number of aliphatic hydroxyl groups is 1. The molecule has 0 spiro atoms. The highest BCUT2D eigenvalue weighted by Crippen LogP contribution is 2.65. The van der Waals surface area contributed by atoms with Crippen molar-refractivity contribution in [1.29, 1.82) is 0 Å². The summed E-state index contributed by atoms with van der Waals surface area (Å²) >= 11 is 0. The second kappa shape index (κ2) is 7.18. The highest BCUT2D eigenvalue weighted by molar-refractivity contribution is 6.24. The zero-order valence-corrected chi connectivity index (χ0v) is 19.2. The molecule has 2 amide bonds. The lowest BCUT2D eigenvalue weighted by molar-refractivity contribution is -0.126. The second-order valence-corrected chi connectivity index (χ2v) is 9.25. The van der Waals surface area contributed by atoms with E-state index >= 15 is 0 Å². The summed E-state index contributed by atoms with van der Waals surface area (Å²) in [7, 11) is 3.05. The summed E-state index contributed by atoms with van der Waals surface area (Å²) in [5, 5.41) is 11.4. The minimum absolute atomic E-state index is 0.268. The van der Waals surface area contributed by atoms with Gasteiger partial charge in [-0.3, -0.25) is 9.59 Å². The van der Waals surface area contributed by atoms with Gasteiger partial charge in [-0.05, 0) is 41.3 Å². The number of carbonyl (C=O) groups is 2. The minimum Gasteiger partial charge on any atom is -0.497 e. The molecule has 0 aromatic heterocycles. The molecule has 172 valence electrons. The van der Waals surface area contributed by atoms with Crippen LogP contribution in [0.4, 0.5) is 5.69 Å². The summed E-state index contributed by atoms with van der Waals surface area (Å²) < 4.78 is 10.9. The van der Waals surface area contributed by atoms with Gasteiger partial charge < -0.3 is 14.6 Å². The molecule has 1 heterocycles. The Hall–Kier alpha value is -3.64. The summed E-state index contributed by atoms with van der Waals surface area (Å²) in [5.74, 6) is -1.29. The van der Waals surface area contributed by atoms with Gasteiger partial charge in [-0.1, -0.05) is 48.5 Å². The lowest BCUT2D eigenvalue weighted by atomic mass is 9.46. The molecule has 1 fully saturated rings. The summed E-state index contributed by atoms with van der Waals surface area (Å²) in [4.78, 5) is 29.6. The number of hydrogen-bond acceptors (Lipinski definition) is 5. The average Bonchev–Trinajstić information content (AvgIpc) is 3.13. The Morgan fingerprint density at radius 3 is 2.06 bits per heavy atom. The Labute approximate surface area is 197 Å². The first-order valence-corrected chi connectivity index (χ1v) is 11.4. The molecule has 0 unspecified atom stereocenters. The Kier molecular flexibility index (Phi) is 4.42. The van der Waals surface area contributed by atoms with Gasteiger partial charge in [-0.2, -0.15) is 0 Å². The van der Waals surface area contributed by atoms with Crippen LogP contribution < -0.4 is 14.4 Å². The Morgan fingerprint density at radius 1 is 0.882 bits per heavy atom. The molecule has 3 aromatic rings. The SMILES string of the molecule is COc1ccc(OC)c(N2C(=O)[C@H]3C4c5ccccc5C([C@H](C)O)(c5ccccc54)[C@H]3C2=O)c1. The van der Waals surface area contributed by atoms with Gasteiger partial charge in [0.2, 0.25) is 11.8 Å². The molecule has 3 aliphatic carbocycles. The smallest absolute Gasteiger partial charge is 0.239 e. The maximum Gasteiger partial charge on any atom is 0.239 e. The van der Waals surface area contributed by atoms with Gasteiger partial charge in [0.05, 0.1) is 43.3 Å². The third kappa shape index (κ3) is 2.33. The number of aliphatic hydroxyl groups excluding tert-OH is 1. The standard InChI is InChI=1S/C28H25NO5/c1-15(30)28-19-10-6-4-8-17(19)23(18-9-5-7-11-20(18)28)24-25(28)27(32)29(26(24)31)21-14-16(33-2)12-13-22(21)34-3/h4-15,23-25,30H,1-3H3/t15-,23?,24-,25+,28?/m0/s1. The van der Waals surface area contributed by atoms with Gasteiger partial charge >= 0.3 is 0 Å². The molecule has 1 aliphatic heterocycles. The van der Waals surface area contributed by atoms with E-state index in [4.69, 9.17) is 9.47 Å². The quantitative estimate of drug-likeness (QED) is 0.608. The van der Waals surface area contributed by atoms with Crippen molar-refractivity contribution in [2.45, 2.75) is 24.4 Å². The highest BCUT2D eigenvalue weighted by Gasteiger charge is 2.69. The Morgan fingerprint density at radius 2 is 1.50 bits per heavy atom. The molecule has 7 rings (SSSR count). The Balaban J connectivity index is 1.64. The predicted octanol–water partition coefficient (Wildman–Crippen LogP) is 3.64. The molecule has 6 nitrogen and oxygen atoms in total. The third-order valence-corrected chi connectivity index (χ3v) is 7.97. The zero-order chi connectivity index (χ0) is 23.8. The van der Waals surface area contributed by atoms with Crippen molar-refractivity contribution < 1.29 is 24.2 Å². The fraction of sp³-hybridized carbons (Fsp3) is 0.286. The van der Waals surface area contributed by atoms with Gasteiger partial charge in [-0.25, -0.2) is 4.90 Å². The van der Waals surface area contributed by atoms with E-state index in [1.165, 1.54) is 19.1 Å². The molecular formula is C28H25NO5. The van der Waals surface area contributed by atoms with Crippen molar-refractivity contribution in [2.24, 2.45) is 11.8 Å². The van der Waals surface area contributed by atoms with Crippen LogP contribution in [0.5, 0.6) is 11.5 Å². The summed E-state index contributed by atoms with van der Waals surface area (Å²) in [6.07, 6.45) is -0.896. The van der Waals surface area contributed by atoms with Gasteiger partial charge in [0, 0.05) is 12.0 Å². The summed E-state index contributed by atoms with van der Waals surface area (Å²) in [6, 6.07) is 20.9. The average molecular weight is 456 g/mol. The van der Waals surface area contributed by atoms with Crippen LogP contribution >= 0.6 is 0 Å². The molecule has 6 heteroatoms. The molecule has 3 atom stereocenters. The monoisotopic (exact) mass is 455 g/mol. The van der Waals surface area contributed by atoms with Crippen LogP contribution in [-0.2, 0) is 15.0 Å². The molecule has 1 saturated heterocycles. The van der Waals surface area contributed by atoms with E-state index in [2.05, 4.69) is 0 Å². The third-order valence-electron chi connectivity index (χ3n) is 7.97. The van der Waals surface area contributed by atoms with Crippen molar-refractivity contribution in [3.63, 3.8) is 0 Å². The molecule has 1 N–H and O–H groups in total. The lowest BCUT2D eigenvalue weighted by Gasteiger charge is -2.55. The second-order valence-electron chi connectivity index (χ2n) is 9.25. The van der Waals surface area contributed by atoms with Crippen LogP contribution in [0.3, 0.4) is 0 Å². The fourth-order valence-corrected chi connectivity index (χ4v) is 6.75. The largest absolute Gasteiger partial charge is 0.497 e. The number of carbonyl (C=O) groups excluding carboxylic acids is 2. The maximum absolute atomic E-state index is 14.2. The topological polar surface area (TPSA) is 76.1 Å². The first-order chi connectivity index (χ1) is 16.5. The van der Waals surface area contributed by atoms with Crippen molar-refractivity contribution in [1.82, 2.24) is 0 Å². The van der Waals surface area contributed by atoms with Gasteiger partial charge in [0.1, 0.15) is 11.5 Å². The van der Waals surface area contributed by atoms with E-state index in [0.717, 1.165) is 22.3 Å². The molecule has 0 radical (unpaired) electrons. The number of anilines is 1. The van der Waals surface area contributed by atoms with Gasteiger partial charge in [0.25, 0.3) is 0 Å². The number of methoxy groups -OCH3 is 2. The highest BCUT2D eigenvalue weighted by atomic mass is 16.5. The normalized spacial score (nSPS) is 27.2. The van der Waals surface area contributed by atoms with Crippen molar-refractivity contribution in [3.8, 4) is 11.5 Å². The van der Waals surface area contributed by atoms with Crippen molar-refractivity contribution >= 4 is 17.5 Å². The number of nitrogens with zero attached hydrogens (tertiary/aromatic N) is 1. The number of ether oxygens (including phenoxy) is 2. The number of imide groups is 1. The number of hydrogen-bond donors (Lipinski definition) is 1. The van der Waals surface area contributed by atoms with E-state index in [-0.39, 0.29) is 17.7 Å². The van der Waals surface area contributed by atoms with Crippen molar-refractivity contribution in [2.75, 3.05) is 19.1 Å². The Bertz CT molecular complexity index is 1300. The van der Waals surface area contributed by atoms with Gasteiger partial charge in [-0.15, -0.1) is 0 Å². The molecule has 0 saturated carbocycles. The molecule has 34 heavy (non-hydrogen) atoms. The van der Waals surface area contributed by atoms with Crippen LogP contribution in [0.25, 0.3) is 0 Å². The van der Waals surface area contributed by atoms with E-state index in [1.807, 2.05) is 48.5 Å². The maximum atomic E-state index is 14.2. The predicted molar refractivity (Wildman–Crippen MR) is 126 cm³/mol. The molecular weight excluding hydrogens is 430 g/mol. The van der Waals surface area contributed by atoms with Crippen LogP contribution in [-0.4, -0.2) is 37.2 Å². The van der Waals surface area contributed by atoms with E-state index < -0.39 is 23.4 Å². The number of amides is 2. The van der Waals surface area contributed by atoms with E-state index in [1.54, 1.807) is 25.1 Å². The first-order valence-electron chi connectivity index (χ1n) is 11.4.